The van der Waals surface area contributed by atoms with E-state index in [1.807, 2.05) is 0 Å². The summed E-state index contributed by atoms with van der Waals surface area (Å²) in [7, 11) is 0. The molecule has 3 unspecified atom stereocenters. The Morgan fingerprint density at radius 2 is 0.588 bits per heavy atom. The van der Waals surface area contributed by atoms with Gasteiger partial charge in [-0.3, -0.25) is 4.79 Å². The topological polar surface area (TPSA) is 89.8 Å². The van der Waals surface area contributed by atoms with Crippen LogP contribution in [0, 0.1) is 0 Å². The molecule has 0 aliphatic heterocycles. The smallest absolute Gasteiger partial charge is 0.220 e. The van der Waals surface area contributed by atoms with E-state index in [0.29, 0.717) is 12.8 Å². The third-order valence-electron chi connectivity index (χ3n) is 15.1. The van der Waals surface area contributed by atoms with Crippen molar-refractivity contribution in [2.24, 2.45) is 0 Å². The molecule has 3 atom stereocenters. The number of amides is 1. The van der Waals surface area contributed by atoms with Gasteiger partial charge in [-0.25, -0.2) is 0 Å². The first kappa shape index (κ1) is 67.1. The first-order chi connectivity index (χ1) is 33.6. The van der Waals surface area contributed by atoms with Gasteiger partial charge in [-0.05, 0) is 38.5 Å². The van der Waals surface area contributed by atoms with Crippen molar-refractivity contribution in [3.05, 3.63) is 12.2 Å². The molecular formula is C63H125NO4. The average Bonchev–Trinajstić information content (AvgIpc) is 3.34. The number of carbonyl (C=O) groups is 1. The molecule has 5 nitrogen and oxygen atoms in total. The van der Waals surface area contributed by atoms with Gasteiger partial charge in [-0.2, -0.15) is 0 Å². The van der Waals surface area contributed by atoms with Crippen molar-refractivity contribution in [1.82, 2.24) is 5.32 Å². The highest BCUT2D eigenvalue weighted by Gasteiger charge is 2.26. The summed E-state index contributed by atoms with van der Waals surface area (Å²) in [6, 6.07) is -0.807. The molecule has 0 aromatic rings. The largest absolute Gasteiger partial charge is 0.394 e. The Morgan fingerprint density at radius 3 is 0.853 bits per heavy atom. The van der Waals surface area contributed by atoms with Gasteiger partial charge in [-0.1, -0.05) is 328 Å². The third kappa shape index (κ3) is 52.9. The number of unbranched alkanes of at least 4 members (excludes halogenated alkanes) is 49. The summed E-state index contributed by atoms with van der Waals surface area (Å²) in [6.45, 7) is 4.23. The SMILES string of the molecule is CCCCCCCCCCCCCC/C=C\CCCCCCCCCCCCCCCCCCCC(=O)NC(CO)C(O)C(O)CCCCCCCCCCCCCCCCCCCCCCC. The normalized spacial score (nSPS) is 13.2. The van der Waals surface area contributed by atoms with Gasteiger partial charge in [0.25, 0.3) is 0 Å². The molecule has 406 valence electrons. The highest BCUT2D eigenvalue weighted by molar-refractivity contribution is 5.76. The molecule has 0 rings (SSSR count). The Labute approximate surface area is 427 Å². The van der Waals surface area contributed by atoms with Gasteiger partial charge in [0.15, 0.2) is 0 Å². The Bertz CT molecular complexity index is 971. The quantitative estimate of drug-likeness (QED) is 0.0361. The lowest BCUT2D eigenvalue weighted by molar-refractivity contribution is -0.124. The Balaban J connectivity index is 3.46. The van der Waals surface area contributed by atoms with Crippen LogP contribution in [-0.2, 0) is 4.79 Å². The molecule has 0 heterocycles. The number of allylic oxidation sites excluding steroid dienone is 2. The summed E-state index contributed by atoms with van der Waals surface area (Å²) in [5, 5.41) is 33.9. The summed E-state index contributed by atoms with van der Waals surface area (Å²) in [6.07, 6.45) is 74.0. The molecule has 68 heavy (non-hydrogen) atoms. The summed E-state index contributed by atoms with van der Waals surface area (Å²) in [5.41, 5.74) is 0. The van der Waals surface area contributed by atoms with E-state index >= 15 is 0 Å². The lowest BCUT2D eigenvalue weighted by Gasteiger charge is -2.26. The summed E-state index contributed by atoms with van der Waals surface area (Å²) in [5.74, 6) is -0.136. The Morgan fingerprint density at radius 1 is 0.353 bits per heavy atom. The first-order valence-corrected chi connectivity index (χ1v) is 31.5. The van der Waals surface area contributed by atoms with Crippen molar-refractivity contribution in [2.75, 3.05) is 6.61 Å². The van der Waals surface area contributed by atoms with E-state index in [9.17, 15) is 20.1 Å². The molecule has 0 aliphatic carbocycles. The predicted octanol–water partition coefficient (Wildman–Crippen LogP) is 19.8. The monoisotopic (exact) mass is 960 g/mol. The maximum absolute atomic E-state index is 12.5. The first-order valence-electron chi connectivity index (χ1n) is 31.5. The van der Waals surface area contributed by atoms with Crippen molar-refractivity contribution < 1.29 is 20.1 Å². The highest BCUT2D eigenvalue weighted by Crippen LogP contribution is 2.19. The maximum atomic E-state index is 12.5. The summed E-state index contributed by atoms with van der Waals surface area (Å²) in [4.78, 5) is 12.5. The zero-order chi connectivity index (χ0) is 49.3. The fraction of sp³-hybridized carbons (Fsp3) is 0.952. The number of aliphatic hydroxyl groups excluding tert-OH is 3. The van der Waals surface area contributed by atoms with Gasteiger partial charge < -0.3 is 20.6 Å². The van der Waals surface area contributed by atoms with E-state index in [1.165, 1.54) is 302 Å². The van der Waals surface area contributed by atoms with Crippen LogP contribution >= 0.6 is 0 Å². The van der Waals surface area contributed by atoms with Crippen molar-refractivity contribution in [1.29, 1.82) is 0 Å². The number of hydrogen-bond acceptors (Lipinski definition) is 4. The summed E-state index contributed by atoms with van der Waals surface area (Å²) >= 11 is 0. The van der Waals surface area contributed by atoms with Crippen LogP contribution in [0.3, 0.4) is 0 Å². The third-order valence-corrected chi connectivity index (χ3v) is 15.1. The van der Waals surface area contributed by atoms with E-state index < -0.39 is 18.2 Å². The number of nitrogens with one attached hydrogen (secondary N) is 1. The van der Waals surface area contributed by atoms with Crippen LogP contribution in [0.15, 0.2) is 12.2 Å². The zero-order valence-electron chi connectivity index (χ0n) is 46.5. The van der Waals surface area contributed by atoms with Crippen molar-refractivity contribution >= 4 is 5.91 Å². The molecule has 0 aromatic carbocycles. The fourth-order valence-electron chi connectivity index (χ4n) is 10.3. The minimum atomic E-state index is -1.13. The predicted molar refractivity (Wildman–Crippen MR) is 301 cm³/mol. The minimum Gasteiger partial charge on any atom is -0.394 e. The molecule has 0 saturated carbocycles. The van der Waals surface area contributed by atoms with Crippen LogP contribution in [0.1, 0.15) is 361 Å². The second-order valence-corrected chi connectivity index (χ2v) is 22.0. The Hall–Kier alpha value is -0.910. The molecule has 0 saturated heterocycles. The van der Waals surface area contributed by atoms with Gasteiger partial charge in [0, 0.05) is 6.42 Å². The highest BCUT2D eigenvalue weighted by atomic mass is 16.3. The summed E-state index contributed by atoms with van der Waals surface area (Å²) < 4.78 is 0. The van der Waals surface area contributed by atoms with E-state index in [0.717, 1.165) is 32.1 Å². The van der Waals surface area contributed by atoms with Gasteiger partial charge in [0.1, 0.15) is 6.10 Å². The van der Waals surface area contributed by atoms with Crippen LogP contribution in [0.5, 0.6) is 0 Å². The fourth-order valence-corrected chi connectivity index (χ4v) is 10.3. The molecule has 0 fully saturated rings. The molecular weight excluding hydrogens is 835 g/mol. The van der Waals surface area contributed by atoms with E-state index in [4.69, 9.17) is 0 Å². The lowest BCUT2D eigenvalue weighted by Crippen LogP contribution is -2.50. The molecule has 0 aromatic heterocycles. The maximum Gasteiger partial charge on any atom is 0.220 e. The minimum absolute atomic E-state index is 0.136. The van der Waals surface area contributed by atoms with Crippen molar-refractivity contribution in [2.45, 2.75) is 379 Å². The standard InChI is InChI=1S/C63H125NO4/c1-3-5-7-9-11-13-15-17-19-21-23-25-26-27-28-29-30-31-32-33-34-35-36-38-40-42-44-46-48-50-52-54-56-58-62(67)64-60(59-65)63(68)61(66)57-55-53-51-49-47-45-43-41-39-37-24-22-20-18-16-14-12-10-8-6-4-2/h27-28,60-61,63,65-66,68H,3-26,29-59H2,1-2H3,(H,64,67)/b28-27-. The van der Waals surface area contributed by atoms with Gasteiger partial charge in [0.05, 0.1) is 18.8 Å². The Kier molecular flexibility index (Phi) is 57.9. The molecule has 0 spiro atoms. The van der Waals surface area contributed by atoms with E-state index in [-0.39, 0.29) is 12.5 Å². The lowest BCUT2D eigenvalue weighted by atomic mass is 9.99. The van der Waals surface area contributed by atoms with Crippen LogP contribution in [0.4, 0.5) is 0 Å². The average molecular weight is 961 g/mol. The molecule has 1 amide bonds. The zero-order valence-corrected chi connectivity index (χ0v) is 46.5. The van der Waals surface area contributed by atoms with Gasteiger partial charge in [-0.15, -0.1) is 0 Å². The second kappa shape index (κ2) is 58.7. The van der Waals surface area contributed by atoms with E-state index in [2.05, 4.69) is 31.3 Å². The van der Waals surface area contributed by atoms with Gasteiger partial charge in [0.2, 0.25) is 5.91 Å². The van der Waals surface area contributed by atoms with E-state index in [1.54, 1.807) is 0 Å². The number of carbonyl (C=O) groups excluding carboxylic acids is 1. The van der Waals surface area contributed by atoms with Crippen molar-refractivity contribution in [3.63, 3.8) is 0 Å². The molecule has 0 radical (unpaired) electrons. The second-order valence-electron chi connectivity index (χ2n) is 22.0. The number of rotatable bonds is 59. The van der Waals surface area contributed by atoms with Crippen LogP contribution in [0.25, 0.3) is 0 Å². The molecule has 0 aliphatic rings. The van der Waals surface area contributed by atoms with Crippen LogP contribution in [0.2, 0.25) is 0 Å². The van der Waals surface area contributed by atoms with Crippen LogP contribution < -0.4 is 5.32 Å². The molecule has 5 heteroatoms. The molecule has 0 bridgehead atoms. The van der Waals surface area contributed by atoms with Crippen LogP contribution in [-0.4, -0.2) is 46.1 Å². The van der Waals surface area contributed by atoms with Gasteiger partial charge >= 0.3 is 0 Å². The number of hydrogen-bond donors (Lipinski definition) is 4. The molecule has 4 N–H and O–H groups in total. The number of aliphatic hydroxyl groups is 3. The van der Waals surface area contributed by atoms with Crippen molar-refractivity contribution in [3.8, 4) is 0 Å².